The number of amides is 1. The maximum atomic E-state index is 13.2. The highest BCUT2D eigenvalue weighted by Crippen LogP contribution is 2.31. The second-order valence-electron chi connectivity index (χ2n) is 7.37. The van der Waals surface area contributed by atoms with Crippen LogP contribution in [0, 0.1) is 5.92 Å². The molecule has 1 saturated heterocycles. The zero-order valence-corrected chi connectivity index (χ0v) is 18.2. The number of hydrogen-bond acceptors (Lipinski definition) is 4. The fraction of sp³-hybridized carbons (Fsp3) is 0.435. The zero-order valence-electron chi connectivity index (χ0n) is 17.4. The molecule has 1 aliphatic heterocycles. The number of nitrogens with zero attached hydrogens (tertiary/aromatic N) is 1. The van der Waals surface area contributed by atoms with Crippen molar-refractivity contribution in [1.29, 1.82) is 0 Å². The van der Waals surface area contributed by atoms with Crippen LogP contribution in [0.4, 0.5) is 0 Å². The van der Waals surface area contributed by atoms with Crippen molar-refractivity contribution >= 4 is 18.3 Å². The molecular formula is C23H31ClN2O3. The van der Waals surface area contributed by atoms with Gasteiger partial charge in [0.2, 0.25) is 5.91 Å². The molecule has 5 nitrogen and oxygen atoms in total. The van der Waals surface area contributed by atoms with Gasteiger partial charge in [-0.05, 0) is 30.0 Å². The Balaban J connectivity index is 0.00000300. The minimum Gasteiger partial charge on any atom is -0.496 e. The Morgan fingerprint density at radius 1 is 1.10 bits per heavy atom. The summed E-state index contributed by atoms with van der Waals surface area (Å²) >= 11 is 0. The first-order valence-electron chi connectivity index (χ1n) is 9.89. The molecule has 1 aliphatic rings. The van der Waals surface area contributed by atoms with Crippen LogP contribution in [-0.2, 0) is 11.2 Å². The zero-order chi connectivity index (χ0) is 19.9. The van der Waals surface area contributed by atoms with Crippen molar-refractivity contribution in [2.45, 2.75) is 25.8 Å². The third-order valence-electron chi connectivity index (χ3n) is 5.35. The van der Waals surface area contributed by atoms with Crippen LogP contribution in [-0.4, -0.2) is 44.7 Å². The number of piperazine rings is 1. The van der Waals surface area contributed by atoms with Gasteiger partial charge in [-0.2, -0.15) is 0 Å². The molecule has 3 rings (SSSR count). The maximum Gasteiger partial charge on any atom is 0.223 e. The summed E-state index contributed by atoms with van der Waals surface area (Å²) in [5.74, 6) is 2.14. The average Bonchev–Trinajstić information content (AvgIpc) is 2.74. The van der Waals surface area contributed by atoms with Crippen molar-refractivity contribution < 1.29 is 14.3 Å². The predicted octanol–water partition coefficient (Wildman–Crippen LogP) is 3.87. The summed E-state index contributed by atoms with van der Waals surface area (Å²) in [6.45, 7) is 4.40. The standard InChI is InChI=1S/C23H30N2O3.ClH/c1-17(14-18-8-4-6-10-21(18)27-2)15-23(26)25-13-12-24-16-20(25)19-9-5-7-11-22(19)28-3;/h4-11,17,20,24H,12-16H2,1-3H3;1H. The van der Waals surface area contributed by atoms with Crippen molar-refractivity contribution in [1.82, 2.24) is 10.2 Å². The molecule has 1 amide bonds. The van der Waals surface area contributed by atoms with E-state index in [1.54, 1.807) is 14.2 Å². The Bertz CT molecular complexity index is 799. The fourth-order valence-corrected chi connectivity index (χ4v) is 3.96. The van der Waals surface area contributed by atoms with Crippen LogP contribution in [0.1, 0.15) is 30.5 Å². The highest BCUT2D eigenvalue weighted by atomic mass is 35.5. The van der Waals surface area contributed by atoms with Gasteiger partial charge in [0.25, 0.3) is 0 Å². The van der Waals surface area contributed by atoms with Crippen LogP contribution in [0.3, 0.4) is 0 Å². The van der Waals surface area contributed by atoms with Crippen LogP contribution in [0.25, 0.3) is 0 Å². The molecule has 2 aromatic rings. The molecule has 0 aliphatic carbocycles. The van der Waals surface area contributed by atoms with Gasteiger partial charge in [-0.15, -0.1) is 12.4 Å². The lowest BCUT2D eigenvalue weighted by atomic mass is 9.95. The number of benzene rings is 2. The molecule has 0 spiro atoms. The van der Waals surface area contributed by atoms with Gasteiger partial charge in [0.1, 0.15) is 11.5 Å². The van der Waals surface area contributed by atoms with Crippen LogP contribution in [0.2, 0.25) is 0 Å². The first-order chi connectivity index (χ1) is 13.6. The van der Waals surface area contributed by atoms with Gasteiger partial charge in [0.15, 0.2) is 0 Å². The quantitative estimate of drug-likeness (QED) is 0.741. The Morgan fingerprint density at radius 2 is 1.76 bits per heavy atom. The lowest BCUT2D eigenvalue weighted by Gasteiger charge is -2.37. The Labute approximate surface area is 179 Å². The summed E-state index contributed by atoms with van der Waals surface area (Å²) in [5, 5.41) is 3.41. The largest absolute Gasteiger partial charge is 0.496 e. The van der Waals surface area contributed by atoms with E-state index in [1.807, 2.05) is 41.3 Å². The number of nitrogens with one attached hydrogen (secondary N) is 1. The molecule has 1 heterocycles. The monoisotopic (exact) mass is 418 g/mol. The first-order valence-corrected chi connectivity index (χ1v) is 9.89. The summed E-state index contributed by atoms with van der Waals surface area (Å²) in [6, 6.07) is 16.0. The average molecular weight is 419 g/mol. The minimum atomic E-state index is -0.00383. The van der Waals surface area contributed by atoms with E-state index >= 15 is 0 Å². The number of carbonyl (C=O) groups is 1. The Hall–Kier alpha value is -2.24. The molecule has 0 bridgehead atoms. The normalized spacial score (nSPS) is 17.2. The molecule has 0 radical (unpaired) electrons. The molecule has 2 aromatic carbocycles. The summed E-state index contributed by atoms with van der Waals surface area (Å²) in [4.78, 5) is 15.2. The van der Waals surface area contributed by atoms with Crippen LogP contribution in [0.15, 0.2) is 48.5 Å². The van der Waals surface area contributed by atoms with Crippen molar-refractivity contribution in [2.24, 2.45) is 5.92 Å². The molecule has 0 saturated carbocycles. The summed E-state index contributed by atoms with van der Waals surface area (Å²) in [6.07, 6.45) is 1.34. The molecule has 1 fully saturated rings. The van der Waals surface area contributed by atoms with Crippen LogP contribution >= 0.6 is 12.4 Å². The van der Waals surface area contributed by atoms with Crippen molar-refractivity contribution in [3.63, 3.8) is 0 Å². The number of ether oxygens (including phenoxy) is 2. The molecule has 29 heavy (non-hydrogen) atoms. The van der Waals surface area contributed by atoms with Gasteiger partial charge >= 0.3 is 0 Å². The molecule has 2 unspecified atom stereocenters. The summed E-state index contributed by atoms with van der Waals surface area (Å²) < 4.78 is 11.0. The second kappa shape index (κ2) is 11.1. The number of hydrogen-bond donors (Lipinski definition) is 1. The van der Waals surface area contributed by atoms with Crippen molar-refractivity contribution in [3.05, 3.63) is 59.7 Å². The van der Waals surface area contributed by atoms with Crippen LogP contribution in [0.5, 0.6) is 11.5 Å². The topological polar surface area (TPSA) is 50.8 Å². The summed E-state index contributed by atoms with van der Waals surface area (Å²) in [7, 11) is 3.36. The molecule has 0 aromatic heterocycles. The minimum absolute atomic E-state index is 0. The number of carbonyl (C=O) groups excluding carboxylic acids is 1. The van der Waals surface area contributed by atoms with Gasteiger partial charge in [-0.3, -0.25) is 4.79 Å². The SMILES string of the molecule is COc1ccccc1CC(C)CC(=O)N1CCNCC1c1ccccc1OC.Cl. The number of rotatable bonds is 7. The van der Waals surface area contributed by atoms with E-state index in [1.165, 1.54) is 0 Å². The lowest BCUT2D eigenvalue weighted by molar-refractivity contribution is -0.135. The molecule has 2 atom stereocenters. The van der Waals surface area contributed by atoms with E-state index < -0.39 is 0 Å². The van der Waals surface area contributed by atoms with Crippen molar-refractivity contribution in [3.8, 4) is 11.5 Å². The van der Waals surface area contributed by atoms with E-state index in [2.05, 4.69) is 24.4 Å². The first kappa shape index (κ1) is 23.0. The number of para-hydroxylation sites is 2. The predicted molar refractivity (Wildman–Crippen MR) is 118 cm³/mol. The third-order valence-corrected chi connectivity index (χ3v) is 5.35. The Morgan fingerprint density at radius 3 is 2.48 bits per heavy atom. The van der Waals surface area contributed by atoms with E-state index in [4.69, 9.17) is 9.47 Å². The molecule has 6 heteroatoms. The van der Waals surface area contributed by atoms with Gasteiger partial charge < -0.3 is 19.7 Å². The number of halogens is 1. The van der Waals surface area contributed by atoms with Gasteiger partial charge in [-0.1, -0.05) is 43.3 Å². The van der Waals surface area contributed by atoms with Crippen LogP contribution < -0.4 is 14.8 Å². The number of methoxy groups -OCH3 is 2. The van der Waals surface area contributed by atoms with Gasteiger partial charge in [0.05, 0.1) is 20.3 Å². The van der Waals surface area contributed by atoms with Gasteiger partial charge in [-0.25, -0.2) is 0 Å². The molecular weight excluding hydrogens is 388 g/mol. The molecule has 158 valence electrons. The lowest BCUT2D eigenvalue weighted by Crippen LogP contribution is -2.49. The summed E-state index contributed by atoms with van der Waals surface area (Å²) in [5.41, 5.74) is 2.20. The van der Waals surface area contributed by atoms with E-state index in [0.29, 0.717) is 13.0 Å². The smallest absolute Gasteiger partial charge is 0.223 e. The molecule has 1 N–H and O–H groups in total. The van der Waals surface area contributed by atoms with Crippen molar-refractivity contribution in [2.75, 3.05) is 33.9 Å². The third kappa shape index (κ3) is 5.64. The second-order valence-corrected chi connectivity index (χ2v) is 7.37. The van der Waals surface area contributed by atoms with E-state index in [0.717, 1.165) is 42.1 Å². The highest BCUT2D eigenvalue weighted by molar-refractivity contribution is 5.85. The van der Waals surface area contributed by atoms with E-state index in [-0.39, 0.29) is 30.3 Å². The Kier molecular flexibility index (Phi) is 8.80. The fourth-order valence-electron chi connectivity index (χ4n) is 3.96. The van der Waals surface area contributed by atoms with Gasteiger partial charge in [0, 0.05) is 31.6 Å². The maximum absolute atomic E-state index is 13.2. The highest BCUT2D eigenvalue weighted by Gasteiger charge is 2.30. The van der Waals surface area contributed by atoms with E-state index in [9.17, 15) is 4.79 Å².